The number of carboxylic acid groups (broad SMARTS) is 1. The molecule has 1 aliphatic rings. The Labute approximate surface area is 144 Å². The minimum Gasteiger partial charge on any atom is -0.481 e. The average Bonchev–Trinajstić information content (AvgIpc) is 3.20. The van der Waals surface area contributed by atoms with Gasteiger partial charge in [-0.15, -0.1) is 0 Å². The van der Waals surface area contributed by atoms with Crippen molar-refractivity contribution in [1.29, 1.82) is 0 Å². The lowest BCUT2D eigenvalue weighted by atomic mass is 10.1. The highest BCUT2D eigenvalue weighted by molar-refractivity contribution is 5.81. The molecule has 3 heterocycles. The van der Waals surface area contributed by atoms with Crippen LogP contribution in [0.2, 0.25) is 0 Å². The van der Waals surface area contributed by atoms with E-state index in [9.17, 15) is 9.59 Å². The van der Waals surface area contributed by atoms with Crippen molar-refractivity contribution in [3.05, 3.63) is 29.4 Å². The summed E-state index contributed by atoms with van der Waals surface area (Å²) in [7, 11) is 0. The summed E-state index contributed by atoms with van der Waals surface area (Å²) in [6, 6.07) is 1.65. The van der Waals surface area contributed by atoms with Crippen LogP contribution < -0.4 is 0 Å². The Morgan fingerprint density at radius 2 is 2.16 bits per heavy atom. The third kappa shape index (κ3) is 3.52. The van der Waals surface area contributed by atoms with Gasteiger partial charge in [0.25, 0.3) is 0 Å². The zero-order chi connectivity index (χ0) is 18.0. The van der Waals surface area contributed by atoms with Crippen molar-refractivity contribution >= 4 is 11.9 Å². The monoisotopic (exact) mass is 344 g/mol. The predicted molar refractivity (Wildman–Crippen MR) is 87.6 cm³/mol. The molecule has 0 aromatic carbocycles. The van der Waals surface area contributed by atoms with Crippen LogP contribution in [0.3, 0.4) is 0 Å². The molecular weight excluding hydrogens is 324 g/mol. The molecule has 0 saturated carbocycles. The fraction of sp³-hybridized carbons (Fsp3) is 0.471. The molecule has 1 saturated heterocycles. The highest BCUT2D eigenvalue weighted by atomic mass is 16.5. The minimum atomic E-state index is -0.966. The molecule has 0 unspecified atom stereocenters. The van der Waals surface area contributed by atoms with Gasteiger partial charge in [0, 0.05) is 19.2 Å². The smallest absolute Gasteiger partial charge is 0.303 e. The quantitative estimate of drug-likeness (QED) is 0.886. The summed E-state index contributed by atoms with van der Waals surface area (Å²) >= 11 is 0. The first kappa shape index (κ1) is 17.1. The van der Waals surface area contributed by atoms with E-state index < -0.39 is 5.97 Å². The first-order valence-corrected chi connectivity index (χ1v) is 8.25. The molecule has 1 N–H and O–H groups in total. The van der Waals surface area contributed by atoms with E-state index in [4.69, 9.17) is 9.63 Å². The van der Waals surface area contributed by atoms with Gasteiger partial charge < -0.3 is 14.5 Å². The van der Waals surface area contributed by atoms with Crippen LogP contribution in [0.1, 0.15) is 48.9 Å². The number of carbonyl (C=O) groups excluding carboxylic acids is 1. The minimum absolute atomic E-state index is 0.00758. The van der Waals surface area contributed by atoms with Crippen LogP contribution in [-0.2, 0) is 9.59 Å². The van der Waals surface area contributed by atoms with Gasteiger partial charge in [0.1, 0.15) is 5.76 Å². The Balaban J connectivity index is 1.85. The number of aromatic nitrogens is 3. The molecule has 2 aromatic heterocycles. The van der Waals surface area contributed by atoms with Gasteiger partial charge in [-0.3, -0.25) is 9.59 Å². The van der Waals surface area contributed by atoms with Gasteiger partial charge in [-0.1, -0.05) is 5.16 Å². The van der Waals surface area contributed by atoms with Crippen molar-refractivity contribution in [2.75, 3.05) is 6.54 Å². The Morgan fingerprint density at radius 1 is 1.36 bits per heavy atom. The van der Waals surface area contributed by atoms with Crippen molar-refractivity contribution in [3.63, 3.8) is 0 Å². The first-order chi connectivity index (χ1) is 12.0. The van der Waals surface area contributed by atoms with Crippen molar-refractivity contribution in [3.8, 4) is 11.4 Å². The van der Waals surface area contributed by atoms with Crippen molar-refractivity contribution in [1.82, 2.24) is 20.0 Å². The van der Waals surface area contributed by atoms with Crippen LogP contribution in [0.4, 0.5) is 0 Å². The standard InChI is InChI=1S/C17H20N4O4/c1-10-16(11(2)25-20-10)17-18-8-7-12(19-17)13-4-3-9-21(13)14(22)5-6-15(23)24/h7-8,13H,3-6,9H2,1-2H3,(H,23,24)/t13-/m1/s1. The van der Waals surface area contributed by atoms with Crippen LogP contribution in [0.25, 0.3) is 11.4 Å². The van der Waals surface area contributed by atoms with E-state index in [-0.39, 0.29) is 24.8 Å². The molecule has 2 aromatic rings. The molecular formula is C17H20N4O4. The van der Waals surface area contributed by atoms with E-state index in [1.807, 2.05) is 13.8 Å². The molecule has 25 heavy (non-hydrogen) atoms. The number of amides is 1. The molecule has 0 radical (unpaired) electrons. The van der Waals surface area contributed by atoms with Crippen LogP contribution in [-0.4, -0.2) is 43.6 Å². The Hall–Kier alpha value is -2.77. The highest BCUT2D eigenvalue weighted by Crippen LogP contribution is 2.33. The molecule has 132 valence electrons. The zero-order valence-electron chi connectivity index (χ0n) is 14.2. The molecule has 0 spiro atoms. The van der Waals surface area contributed by atoms with E-state index in [1.165, 1.54) is 0 Å². The number of rotatable bonds is 5. The van der Waals surface area contributed by atoms with E-state index in [0.717, 1.165) is 29.8 Å². The summed E-state index contributed by atoms with van der Waals surface area (Å²) < 4.78 is 5.18. The maximum absolute atomic E-state index is 12.3. The molecule has 1 aliphatic heterocycles. The van der Waals surface area contributed by atoms with Crippen molar-refractivity contribution < 1.29 is 19.2 Å². The molecule has 8 heteroatoms. The Morgan fingerprint density at radius 3 is 2.84 bits per heavy atom. The number of carbonyl (C=O) groups is 2. The summed E-state index contributed by atoms with van der Waals surface area (Å²) in [6.45, 7) is 4.26. The Bertz CT molecular complexity index is 782. The number of aryl methyl sites for hydroxylation is 2. The highest BCUT2D eigenvalue weighted by Gasteiger charge is 2.31. The number of aliphatic carboxylic acids is 1. The maximum atomic E-state index is 12.3. The average molecular weight is 344 g/mol. The SMILES string of the molecule is Cc1noc(C)c1-c1nccc([C@H]2CCCN2C(=O)CCC(=O)O)n1. The third-order valence-electron chi connectivity index (χ3n) is 4.40. The van der Waals surface area contributed by atoms with Gasteiger partial charge in [0.15, 0.2) is 5.82 Å². The number of likely N-dealkylation sites (tertiary alicyclic amines) is 1. The van der Waals surface area contributed by atoms with Gasteiger partial charge >= 0.3 is 5.97 Å². The maximum Gasteiger partial charge on any atom is 0.303 e. The fourth-order valence-corrected chi connectivity index (χ4v) is 3.21. The first-order valence-electron chi connectivity index (χ1n) is 8.25. The largest absolute Gasteiger partial charge is 0.481 e. The normalized spacial score (nSPS) is 17.0. The second kappa shape index (κ2) is 7.00. The molecule has 1 amide bonds. The molecule has 3 rings (SSSR count). The second-order valence-corrected chi connectivity index (χ2v) is 6.14. The third-order valence-corrected chi connectivity index (χ3v) is 4.40. The molecule has 1 atom stereocenters. The van der Waals surface area contributed by atoms with Crippen molar-refractivity contribution in [2.45, 2.75) is 45.6 Å². The van der Waals surface area contributed by atoms with Crippen LogP contribution >= 0.6 is 0 Å². The summed E-state index contributed by atoms with van der Waals surface area (Å²) in [6.07, 6.45) is 3.19. The summed E-state index contributed by atoms with van der Waals surface area (Å²) in [4.78, 5) is 33.7. The van der Waals surface area contributed by atoms with E-state index in [1.54, 1.807) is 17.2 Å². The van der Waals surface area contributed by atoms with Crippen LogP contribution in [0.15, 0.2) is 16.8 Å². The van der Waals surface area contributed by atoms with E-state index in [0.29, 0.717) is 18.1 Å². The van der Waals surface area contributed by atoms with Gasteiger partial charge in [-0.2, -0.15) is 0 Å². The molecule has 1 fully saturated rings. The number of hydrogen-bond donors (Lipinski definition) is 1. The van der Waals surface area contributed by atoms with Crippen LogP contribution in [0, 0.1) is 13.8 Å². The zero-order valence-corrected chi connectivity index (χ0v) is 14.2. The fourth-order valence-electron chi connectivity index (χ4n) is 3.21. The van der Waals surface area contributed by atoms with E-state index in [2.05, 4.69) is 15.1 Å². The van der Waals surface area contributed by atoms with E-state index >= 15 is 0 Å². The second-order valence-electron chi connectivity index (χ2n) is 6.14. The van der Waals surface area contributed by atoms with Gasteiger partial charge in [0.2, 0.25) is 5.91 Å². The summed E-state index contributed by atoms with van der Waals surface area (Å²) in [5, 5.41) is 12.7. The Kier molecular flexibility index (Phi) is 4.78. The lowest BCUT2D eigenvalue weighted by Gasteiger charge is -2.24. The lowest BCUT2D eigenvalue weighted by molar-refractivity contribution is -0.141. The number of carboxylic acids is 1. The molecule has 0 bridgehead atoms. The molecule has 0 aliphatic carbocycles. The van der Waals surface area contributed by atoms with Gasteiger partial charge in [-0.25, -0.2) is 9.97 Å². The van der Waals surface area contributed by atoms with Crippen LogP contribution in [0.5, 0.6) is 0 Å². The van der Waals surface area contributed by atoms with Crippen molar-refractivity contribution in [2.24, 2.45) is 0 Å². The van der Waals surface area contributed by atoms with Gasteiger partial charge in [0.05, 0.1) is 29.4 Å². The number of hydrogen-bond acceptors (Lipinski definition) is 6. The summed E-state index contributed by atoms with van der Waals surface area (Å²) in [5.41, 5.74) is 2.24. The number of nitrogens with zero attached hydrogens (tertiary/aromatic N) is 4. The predicted octanol–water partition coefficient (Wildman–Crippen LogP) is 2.28. The van der Waals surface area contributed by atoms with Gasteiger partial charge in [-0.05, 0) is 32.8 Å². The molecule has 8 nitrogen and oxygen atoms in total. The topological polar surface area (TPSA) is 109 Å². The summed E-state index contributed by atoms with van der Waals surface area (Å²) in [5.74, 6) is 0.0586. The lowest BCUT2D eigenvalue weighted by Crippen LogP contribution is -2.31.